The molecule has 1 N–H and O–H groups in total. The number of benzene rings is 2. The van der Waals surface area contributed by atoms with Crippen LogP contribution < -0.4 is 10.4 Å². The van der Waals surface area contributed by atoms with E-state index < -0.39 is 11.9 Å². The predicted octanol–water partition coefficient (Wildman–Crippen LogP) is 2.22. The highest BCUT2D eigenvalue weighted by atomic mass is 79.9. The van der Waals surface area contributed by atoms with Crippen molar-refractivity contribution in [2.75, 3.05) is 0 Å². The monoisotopic (exact) mass is 424 g/mol. The predicted molar refractivity (Wildman–Crippen MR) is 103 cm³/mol. The Labute approximate surface area is 164 Å². The molecule has 3 rings (SSSR count). The summed E-state index contributed by atoms with van der Waals surface area (Å²) in [5.41, 5.74) is 3.31. The SMILES string of the molecule is O=C([O-])/C=C/C(=O)NCc1cn(-c2ccccc2)nc1-c1cccc(Br)c1. The minimum absolute atomic E-state index is 0.199. The number of halogens is 1. The van der Waals surface area contributed by atoms with Gasteiger partial charge in [0.05, 0.1) is 17.4 Å². The van der Waals surface area contributed by atoms with Crippen LogP contribution in [0.5, 0.6) is 0 Å². The van der Waals surface area contributed by atoms with Crippen molar-refractivity contribution in [1.29, 1.82) is 0 Å². The molecule has 27 heavy (non-hydrogen) atoms. The molecule has 0 spiro atoms. The summed E-state index contributed by atoms with van der Waals surface area (Å²) in [5, 5.41) is 17.7. The number of hydrogen-bond donors (Lipinski definition) is 1. The van der Waals surface area contributed by atoms with E-state index in [1.807, 2.05) is 60.8 Å². The normalized spacial score (nSPS) is 10.9. The largest absolute Gasteiger partial charge is 0.545 e. The first-order valence-electron chi connectivity index (χ1n) is 8.10. The van der Waals surface area contributed by atoms with E-state index >= 15 is 0 Å². The van der Waals surface area contributed by atoms with Gasteiger partial charge in [-0.05, 0) is 30.3 Å². The van der Waals surface area contributed by atoms with Crippen LogP contribution in [-0.4, -0.2) is 21.7 Å². The molecule has 1 heterocycles. The van der Waals surface area contributed by atoms with Crippen LogP contribution >= 0.6 is 15.9 Å². The van der Waals surface area contributed by atoms with Gasteiger partial charge in [-0.2, -0.15) is 5.10 Å². The van der Waals surface area contributed by atoms with Gasteiger partial charge in [0.15, 0.2) is 0 Å². The van der Waals surface area contributed by atoms with Crippen molar-refractivity contribution in [3.63, 3.8) is 0 Å². The lowest BCUT2D eigenvalue weighted by atomic mass is 10.1. The van der Waals surface area contributed by atoms with Gasteiger partial charge >= 0.3 is 0 Å². The van der Waals surface area contributed by atoms with Gasteiger partial charge < -0.3 is 15.2 Å². The second kappa shape index (κ2) is 8.46. The molecule has 1 aromatic heterocycles. The molecule has 0 bridgehead atoms. The topological polar surface area (TPSA) is 87.0 Å². The number of carboxylic acids is 1. The molecule has 2 aromatic carbocycles. The van der Waals surface area contributed by atoms with Crippen LogP contribution in [0, 0.1) is 0 Å². The first-order chi connectivity index (χ1) is 13.0. The fraction of sp³-hybridized carbons (Fsp3) is 0.0500. The quantitative estimate of drug-likeness (QED) is 0.614. The maximum atomic E-state index is 11.8. The van der Waals surface area contributed by atoms with Gasteiger partial charge in [-0.15, -0.1) is 0 Å². The van der Waals surface area contributed by atoms with E-state index in [9.17, 15) is 14.7 Å². The molecule has 3 aromatic rings. The number of amides is 1. The van der Waals surface area contributed by atoms with Crippen LogP contribution in [0.1, 0.15) is 5.56 Å². The molecule has 0 aliphatic heterocycles. The number of hydrogen-bond acceptors (Lipinski definition) is 4. The number of nitrogens with one attached hydrogen (secondary N) is 1. The highest BCUT2D eigenvalue weighted by molar-refractivity contribution is 9.10. The molecule has 0 saturated carbocycles. The van der Waals surface area contributed by atoms with Crippen LogP contribution in [0.2, 0.25) is 0 Å². The summed E-state index contributed by atoms with van der Waals surface area (Å²) < 4.78 is 2.66. The standard InChI is InChI=1S/C20H16BrN3O3/c21-16-6-4-5-14(11-16)20-15(12-22-18(25)9-10-19(26)27)13-24(23-20)17-7-2-1-3-8-17/h1-11,13H,12H2,(H,22,25)(H,26,27)/p-1/b10-9+. The fourth-order valence-corrected chi connectivity index (χ4v) is 2.92. The Bertz CT molecular complexity index is 997. The second-order valence-electron chi connectivity index (χ2n) is 5.66. The Kier molecular flexibility index (Phi) is 5.83. The lowest BCUT2D eigenvalue weighted by Gasteiger charge is -2.04. The van der Waals surface area contributed by atoms with E-state index in [1.54, 1.807) is 4.68 Å². The van der Waals surface area contributed by atoms with Crippen molar-refractivity contribution in [2.24, 2.45) is 0 Å². The Morgan fingerprint density at radius 2 is 1.89 bits per heavy atom. The van der Waals surface area contributed by atoms with Crippen molar-refractivity contribution in [2.45, 2.75) is 6.54 Å². The molecule has 136 valence electrons. The smallest absolute Gasteiger partial charge is 0.244 e. The molecule has 1 amide bonds. The van der Waals surface area contributed by atoms with E-state index in [2.05, 4.69) is 26.3 Å². The van der Waals surface area contributed by atoms with Crippen LogP contribution in [-0.2, 0) is 16.1 Å². The number of carbonyl (C=O) groups excluding carboxylic acids is 2. The molecule has 7 heteroatoms. The van der Waals surface area contributed by atoms with Gasteiger partial charge in [0.2, 0.25) is 5.91 Å². The third-order valence-corrected chi connectivity index (χ3v) is 4.23. The van der Waals surface area contributed by atoms with E-state index in [0.717, 1.165) is 33.1 Å². The first-order valence-corrected chi connectivity index (χ1v) is 8.89. The zero-order chi connectivity index (χ0) is 19.2. The summed E-state index contributed by atoms with van der Waals surface area (Å²) in [6.45, 7) is 0.199. The number of carboxylic acid groups (broad SMARTS) is 1. The summed E-state index contributed by atoms with van der Waals surface area (Å²) in [5.74, 6) is -1.94. The van der Waals surface area contributed by atoms with E-state index in [0.29, 0.717) is 6.08 Å². The Morgan fingerprint density at radius 3 is 2.59 bits per heavy atom. The van der Waals surface area contributed by atoms with E-state index in [1.165, 1.54) is 0 Å². The number of rotatable bonds is 6. The molecular formula is C20H15BrN3O3-. The molecule has 0 radical (unpaired) electrons. The van der Waals surface area contributed by atoms with Gasteiger partial charge in [-0.3, -0.25) is 4.79 Å². The van der Waals surface area contributed by atoms with Gasteiger partial charge in [0.1, 0.15) is 0 Å². The number of para-hydroxylation sites is 1. The number of carbonyl (C=O) groups is 2. The number of aliphatic carboxylic acids is 1. The lowest BCUT2D eigenvalue weighted by molar-refractivity contribution is -0.297. The number of nitrogens with zero attached hydrogens (tertiary/aromatic N) is 2. The Morgan fingerprint density at radius 1 is 1.11 bits per heavy atom. The van der Waals surface area contributed by atoms with E-state index in [4.69, 9.17) is 0 Å². The highest BCUT2D eigenvalue weighted by Crippen LogP contribution is 2.26. The zero-order valence-corrected chi connectivity index (χ0v) is 15.7. The maximum absolute atomic E-state index is 11.8. The van der Waals surface area contributed by atoms with Gasteiger partial charge in [0, 0.05) is 34.4 Å². The van der Waals surface area contributed by atoms with Crippen molar-refractivity contribution < 1.29 is 14.7 Å². The van der Waals surface area contributed by atoms with Crippen molar-refractivity contribution in [3.8, 4) is 16.9 Å². The van der Waals surface area contributed by atoms with Crippen LogP contribution in [0.25, 0.3) is 16.9 Å². The Hall–Kier alpha value is -3.19. The zero-order valence-electron chi connectivity index (χ0n) is 14.1. The van der Waals surface area contributed by atoms with Crippen LogP contribution in [0.4, 0.5) is 0 Å². The van der Waals surface area contributed by atoms with Crippen molar-refractivity contribution >= 4 is 27.8 Å². The molecule has 0 unspecified atom stereocenters. The van der Waals surface area contributed by atoms with Gasteiger partial charge in [-0.25, -0.2) is 4.68 Å². The molecule has 0 saturated heterocycles. The second-order valence-corrected chi connectivity index (χ2v) is 6.58. The lowest BCUT2D eigenvalue weighted by Crippen LogP contribution is -2.23. The maximum Gasteiger partial charge on any atom is 0.244 e. The summed E-state index contributed by atoms with van der Waals surface area (Å²) in [6, 6.07) is 17.3. The summed E-state index contributed by atoms with van der Waals surface area (Å²) >= 11 is 3.46. The summed E-state index contributed by atoms with van der Waals surface area (Å²) in [4.78, 5) is 22.2. The third kappa shape index (κ3) is 4.92. The minimum Gasteiger partial charge on any atom is -0.545 e. The average Bonchev–Trinajstić information content (AvgIpc) is 3.10. The molecule has 0 aliphatic rings. The first kappa shape index (κ1) is 18.6. The van der Waals surface area contributed by atoms with Crippen molar-refractivity contribution in [3.05, 3.63) is 83.0 Å². The summed E-state index contributed by atoms with van der Waals surface area (Å²) in [6.07, 6.45) is 3.46. The van der Waals surface area contributed by atoms with Gasteiger partial charge in [0.25, 0.3) is 0 Å². The number of aromatic nitrogens is 2. The van der Waals surface area contributed by atoms with Crippen LogP contribution in [0.3, 0.4) is 0 Å². The highest BCUT2D eigenvalue weighted by Gasteiger charge is 2.13. The summed E-state index contributed by atoms with van der Waals surface area (Å²) in [7, 11) is 0. The average molecular weight is 425 g/mol. The minimum atomic E-state index is -1.42. The van der Waals surface area contributed by atoms with Crippen molar-refractivity contribution in [1.82, 2.24) is 15.1 Å². The van der Waals surface area contributed by atoms with Gasteiger partial charge in [-0.1, -0.05) is 46.3 Å². The third-order valence-electron chi connectivity index (χ3n) is 3.73. The molecule has 0 fully saturated rings. The Balaban J connectivity index is 1.92. The molecular weight excluding hydrogens is 410 g/mol. The van der Waals surface area contributed by atoms with E-state index in [-0.39, 0.29) is 6.54 Å². The fourth-order valence-electron chi connectivity index (χ4n) is 2.52. The molecule has 6 nitrogen and oxygen atoms in total. The molecule has 0 aliphatic carbocycles. The molecule has 0 atom stereocenters. The van der Waals surface area contributed by atoms with Crippen LogP contribution in [0.15, 0.2) is 77.4 Å².